The highest BCUT2D eigenvalue weighted by Gasteiger charge is 2.11. The van der Waals surface area contributed by atoms with E-state index in [1.165, 1.54) is 12.1 Å². The third-order valence-electron chi connectivity index (χ3n) is 2.92. The lowest BCUT2D eigenvalue weighted by atomic mass is 10.2. The molecule has 2 rings (SSSR count). The second-order valence-electron chi connectivity index (χ2n) is 4.48. The average molecular weight is 360 g/mol. The highest BCUT2D eigenvalue weighted by atomic mass is 79.9. The van der Waals surface area contributed by atoms with Crippen molar-refractivity contribution in [1.29, 1.82) is 0 Å². The lowest BCUT2D eigenvalue weighted by Gasteiger charge is -2.18. The third-order valence-corrected chi connectivity index (χ3v) is 3.45. The number of amides is 1. The topological polar surface area (TPSA) is 70.6 Å². The van der Waals surface area contributed by atoms with Crippen LogP contribution in [0, 0.1) is 4.91 Å². The molecule has 0 radical (unpaired) electrons. The normalized spacial score (nSPS) is 11.3. The van der Waals surface area contributed by atoms with Gasteiger partial charge in [-0.15, -0.1) is 4.91 Å². The van der Waals surface area contributed by atoms with E-state index in [0.717, 1.165) is 10.2 Å². The van der Waals surface area contributed by atoms with E-state index >= 15 is 0 Å². The van der Waals surface area contributed by atoms with Crippen LogP contribution in [0.15, 0.2) is 70.8 Å². The van der Waals surface area contributed by atoms with Crippen LogP contribution < -0.4 is 10.6 Å². The van der Waals surface area contributed by atoms with Crippen LogP contribution in [0.3, 0.4) is 0 Å². The number of rotatable bonds is 6. The molecule has 0 spiro atoms. The number of anilines is 1. The van der Waals surface area contributed by atoms with Crippen molar-refractivity contribution in [3.63, 3.8) is 0 Å². The van der Waals surface area contributed by atoms with E-state index in [4.69, 9.17) is 0 Å². The number of carbonyl (C=O) groups is 1. The molecule has 0 aromatic heterocycles. The first-order chi connectivity index (χ1) is 10.6. The zero-order valence-corrected chi connectivity index (χ0v) is 13.2. The molecule has 1 unspecified atom stereocenters. The molecule has 2 aromatic rings. The van der Waals surface area contributed by atoms with E-state index in [0.29, 0.717) is 5.56 Å². The number of hydrogen-bond acceptors (Lipinski definition) is 4. The summed E-state index contributed by atoms with van der Waals surface area (Å²) < 4.78 is 0.973. The summed E-state index contributed by atoms with van der Waals surface area (Å²) in [5.41, 5.74) is 1.58. The monoisotopic (exact) mass is 359 g/mol. The van der Waals surface area contributed by atoms with Crippen LogP contribution >= 0.6 is 15.9 Å². The molecule has 0 aliphatic rings. The maximum absolute atomic E-state index is 12.1. The fraction of sp³-hybridized carbons (Fsp3) is 0.0625. The number of nitroso groups, excluding NO2 is 1. The van der Waals surface area contributed by atoms with Gasteiger partial charge in [0.15, 0.2) is 0 Å². The van der Waals surface area contributed by atoms with Gasteiger partial charge in [-0.2, -0.15) is 0 Å². The van der Waals surface area contributed by atoms with Gasteiger partial charge in [-0.1, -0.05) is 22.5 Å². The summed E-state index contributed by atoms with van der Waals surface area (Å²) in [6.45, 7) is 3.71. The van der Waals surface area contributed by atoms with Gasteiger partial charge in [0.25, 0.3) is 5.91 Å². The van der Waals surface area contributed by atoms with Crippen LogP contribution in [0.4, 0.5) is 11.4 Å². The van der Waals surface area contributed by atoms with E-state index in [-0.39, 0.29) is 11.6 Å². The van der Waals surface area contributed by atoms with E-state index in [9.17, 15) is 9.70 Å². The SMILES string of the molecule is C=CC(NC(=O)c1ccc(N=O)cc1)Nc1ccc(Br)cc1. The van der Waals surface area contributed by atoms with E-state index in [1.807, 2.05) is 24.3 Å². The zero-order valence-electron chi connectivity index (χ0n) is 11.6. The Bertz CT molecular complexity index is 669. The summed E-state index contributed by atoms with van der Waals surface area (Å²) in [6, 6.07) is 13.6. The van der Waals surface area contributed by atoms with E-state index < -0.39 is 6.17 Å². The summed E-state index contributed by atoms with van der Waals surface area (Å²) in [5.74, 6) is -0.271. The van der Waals surface area contributed by atoms with Gasteiger partial charge in [0.2, 0.25) is 0 Å². The Labute approximate surface area is 136 Å². The summed E-state index contributed by atoms with van der Waals surface area (Å²) in [7, 11) is 0. The van der Waals surface area contributed by atoms with Gasteiger partial charge in [-0.05, 0) is 59.8 Å². The fourth-order valence-electron chi connectivity index (χ4n) is 1.78. The molecule has 112 valence electrons. The van der Waals surface area contributed by atoms with Crippen LogP contribution in [0.25, 0.3) is 0 Å². The number of carbonyl (C=O) groups excluding carboxylic acids is 1. The number of nitrogens with one attached hydrogen (secondary N) is 2. The Hall–Kier alpha value is -2.47. The average Bonchev–Trinajstić information content (AvgIpc) is 2.56. The molecule has 6 heteroatoms. The van der Waals surface area contributed by atoms with Crippen molar-refractivity contribution in [3.8, 4) is 0 Å². The Morgan fingerprint density at radius 2 is 1.77 bits per heavy atom. The molecule has 0 aliphatic heterocycles. The van der Waals surface area contributed by atoms with Crippen LogP contribution in [0.1, 0.15) is 10.4 Å². The molecule has 2 aromatic carbocycles. The predicted octanol–water partition coefficient (Wildman–Crippen LogP) is 4.20. The highest BCUT2D eigenvalue weighted by molar-refractivity contribution is 9.10. The smallest absolute Gasteiger partial charge is 0.253 e. The Morgan fingerprint density at radius 1 is 1.14 bits per heavy atom. The molecule has 1 atom stereocenters. The summed E-state index contributed by atoms with van der Waals surface area (Å²) in [5, 5.41) is 8.73. The minimum atomic E-state index is -0.419. The molecule has 5 nitrogen and oxygen atoms in total. The molecule has 0 saturated carbocycles. The quantitative estimate of drug-likeness (QED) is 0.461. The van der Waals surface area contributed by atoms with Crippen molar-refractivity contribution in [2.24, 2.45) is 5.18 Å². The molecule has 1 amide bonds. The van der Waals surface area contributed by atoms with Crippen molar-refractivity contribution in [3.05, 3.63) is 76.1 Å². The number of hydrogen-bond donors (Lipinski definition) is 2. The minimum Gasteiger partial charge on any atom is -0.362 e. The van der Waals surface area contributed by atoms with Gasteiger partial charge in [0.05, 0.1) is 0 Å². The Balaban J connectivity index is 2.02. The predicted molar refractivity (Wildman–Crippen MR) is 91.1 cm³/mol. The zero-order chi connectivity index (χ0) is 15.9. The van der Waals surface area contributed by atoms with E-state index in [2.05, 4.69) is 38.3 Å². The highest BCUT2D eigenvalue weighted by Crippen LogP contribution is 2.15. The Kier molecular flexibility index (Phi) is 5.43. The van der Waals surface area contributed by atoms with Crippen molar-refractivity contribution >= 4 is 33.2 Å². The molecule has 0 saturated heterocycles. The van der Waals surface area contributed by atoms with Crippen LogP contribution in [-0.2, 0) is 0 Å². The lowest BCUT2D eigenvalue weighted by molar-refractivity contribution is 0.0948. The second-order valence-corrected chi connectivity index (χ2v) is 5.39. The summed E-state index contributed by atoms with van der Waals surface area (Å²) in [4.78, 5) is 22.5. The molecular formula is C16H14BrN3O2. The van der Waals surface area contributed by atoms with Crippen LogP contribution in [0.5, 0.6) is 0 Å². The van der Waals surface area contributed by atoms with E-state index in [1.54, 1.807) is 18.2 Å². The molecule has 0 fully saturated rings. The molecule has 2 N–H and O–H groups in total. The minimum absolute atomic E-state index is 0.271. The Morgan fingerprint density at radius 3 is 2.32 bits per heavy atom. The number of halogens is 1. The summed E-state index contributed by atoms with van der Waals surface area (Å²) in [6.07, 6.45) is 1.18. The fourth-order valence-corrected chi connectivity index (χ4v) is 2.04. The number of benzene rings is 2. The first-order valence-electron chi connectivity index (χ1n) is 6.51. The maximum Gasteiger partial charge on any atom is 0.253 e. The molecule has 0 bridgehead atoms. The van der Waals surface area contributed by atoms with Crippen LogP contribution in [-0.4, -0.2) is 12.1 Å². The van der Waals surface area contributed by atoms with Gasteiger partial charge in [-0.25, -0.2) is 0 Å². The molecular weight excluding hydrogens is 346 g/mol. The molecule has 22 heavy (non-hydrogen) atoms. The maximum atomic E-state index is 12.1. The van der Waals surface area contributed by atoms with Gasteiger partial charge in [0.1, 0.15) is 11.9 Å². The summed E-state index contributed by atoms with van der Waals surface area (Å²) >= 11 is 3.36. The van der Waals surface area contributed by atoms with Gasteiger partial charge in [-0.3, -0.25) is 4.79 Å². The first kappa shape index (κ1) is 15.9. The van der Waals surface area contributed by atoms with Gasteiger partial charge in [0, 0.05) is 15.7 Å². The standard InChI is InChI=1S/C16H14BrN3O2/c1-2-15(18-13-9-5-12(17)6-10-13)19-16(21)11-3-7-14(20-22)8-4-11/h2-10,15,18H,1H2,(H,19,21). The third kappa shape index (κ3) is 4.26. The van der Waals surface area contributed by atoms with Gasteiger partial charge >= 0.3 is 0 Å². The van der Waals surface area contributed by atoms with Crippen LogP contribution in [0.2, 0.25) is 0 Å². The second kappa shape index (κ2) is 7.51. The number of nitrogens with zero attached hydrogens (tertiary/aromatic N) is 1. The van der Waals surface area contributed by atoms with Gasteiger partial charge < -0.3 is 10.6 Å². The first-order valence-corrected chi connectivity index (χ1v) is 7.30. The largest absolute Gasteiger partial charge is 0.362 e. The lowest BCUT2D eigenvalue weighted by Crippen LogP contribution is -2.38. The van der Waals surface area contributed by atoms with Crippen molar-refractivity contribution in [1.82, 2.24) is 5.32 Å². The van der Waals surface area contributed by atoms with Crippen molar-refractivity contribution < 1.29 is 4.79 Å². The van der Waals surface area contributed by atoms with Crippen molar-refractivity contribution in [2.45, 2.75) is 6.17 Å². The molecule has 0 aliphatic carbocycles. The molecule has 0 heterocycles. The van der Waals surface area contributed by atoms with Crippen molar-refractivity contribution in [2.75, 3.05) is 5.32 Å².